The summed E-state index contributed by atoms with van der Waals surface area (Å²) in [6.45, 7) is 1.94. The van der Waals surface area contributed by atoms with Crippen LogP contribution in [0.25, 0.3) is 6.08 Å². The van der Waals surface area contributed by atoms with Crippen molar-refractivity contribution in [3.05, 3.63) is 29.2 Å². The number of aromatic nitrogens is 1. The Balaban J connectivity index is 1.70. The molecular formula is C20H28N4O2. The molecule has 6 heteroatoms. The minimum atomic E-state index is -0.471. The summed E-state index contributed by atoms with van der Waals surface area (Å²) in [4.78, 5) is 16.4. The number of aliphatic hydroxyl groups is 1. The van der Waals surface area contributed by atoms with Crippen molar-refractivity contribution in [1.29, 1.82) is 0 Å². The van der Waals surface area contributed by atoms with Gasteiger partial charge in [0.2, 0.25) is 0 Å². The van der Waals surface area contributed by atoms with Crippen LogP contribution in [-0.2, 0) is 0 Å². The number of nitrogens with one attached hydrogen (secondary N) is 2. The second-order valence-corrected chi connectivity index (χ2v) is 8.40. The zero-order valence-corrected chi connectivity index (χ0v) is 15.5. The third kappa shape index (κ3) is 2.86. The number of anilines is 1. The minimum absolute atomic E-state index is 0.272. The molecule has 2 unspecified atom stereocenters. The Labute approximate surface area is 154 Å². The predicted molar refractivity (Wildman–Crippen MR) is 102 cm³/mol. The van der Waals surface area contributed by atoms with Gasteiger partial charge in [0.05, 0.1) is 16.9 Å². The number of aryl methyl sites for hydroxylation is 1. The number of carbonyl (C=O) groups excluding carboxylic acids is 1. The highest BCUT2D eigenvalue weighted by molar-refractivity contribution is 6.00. The van der Waals surface area contributed by atoms with Crippen LogP contribution in [0.2, 0.25) is 0 Å². The Morgan fingerprint density at radius 3 is 2.62 bits per heavy atom. The summed E-state index contributed by atoms with van der Waals surface area (Å²) in [5, 5.41) is 17.5. The molecular weight excluding hydrogens is 328 g/mol. The van der Waals surface area contributed by atoms with Crippen molar-refractivity contribution in [3.63, 3.8) is 0 Å². The third-order valence-corrected chi connectivity index (χ3v) is 6.55. The van der Waals surface area contributed by atoms with E-state index >= 15 is 0 Å². The number of nitrogens with two attached hydrogens (primary N) is 1. The summed E-state index contributed by atoms with van der Waals surface area (Å²) in [6.07, 6.45) is 10.3. The van der Waals surface area contributed by atoms with Gasteiger partial charge in [0.15, 0.2) is 0 Å². The molecule has 26 heavy (non-hydrogen) atoms. The Hall–Kier alpha value is -2.08. The molecule has 0 spiro atoms. The standard InChI is InChI=1S/C20H28N4O2/c1-11-15(3-4-22-2)18(16(10-23-11)19(21)25)24-17-13-5-12-6-14(17)9-20(26,7-12)8-13/h3-4,10,12-14,17,22,26H,5-9H2,1-2H3,(H2,21,25)(H,23,24)/b4-3-. The molecule has 0 radical (unpaired) electrons. The van der Waals surface area contributed by atoms with Crippen LogP contribution >= 0.6 is 0 Å². The van der Waals surface area contributed by atoms with Gasteiger partial charge in [0.25, 0.3) is 5.91 Å². The summed E-state index contributed by atoms with van der Waals surface area (Å²) in [5.41, 5.74) is 8.12. The lowest BCUT2D eigenvalue weighted by atomic mass is 9.52. The van der Waals surface area contributed by atoms with E-state index in [0.717, 1.165) is 49.0 Å². The van der Waals surface area contributed by atoms with Gasteiger partial charge in [-0.05, 0) is 69.1 Å². The summed E-state index contributed by atoms with van der Waals surface area (Å²) < 4.78 is 0. The second-order valence-electron chi connectivity index (χ2n) is 8.40. The highest BCUT2D eigenvalue weighted by Gasteiger charge is 2.54. The van der Waals surface area contributed by atoms with Crippen molar-refractivity contribution in [3.8, 4) is 0 Å². The van der Waals surface area contributed by atoms with Crippen LogP contribution in [0.5, 0.6) is 0 Å². The highest BCUT2D eigenvalue weighted by atomic mass is 16.3. The van der Waals surface area contributed by atoms with Crippen LogP contribution in [0.4, 0.5) is 5.69 Å². The van der Waals surface area contributed by atoms with E-state index in [9.17, 15) is 9.90 Å². The number of hydrogen-bond acceptors (Lipinski definition) is 5. The molecule has 1 amide bonds. The fourth-order valence-corrected chi connectivity index (χ4v) is 5.72. The molecule has 6 nitrogen and oxygen atoms in total. The first-order chi connectivity index (χ1) is 12.4. The van der Waals surface area contributed by atoms with Gasteiger partial charge in [-0.2, -0.15) is 0 Å². The first-order valence-electron chi connectivity index (χ1n) is 9.52. The number of carbonyl (C=O) groups is 1. The fourth-order valence-electron chi connectivity index (χ4n) is 5.72. The molecule has 1 heterocycles. The molecule has 2 atom stereocenters. The fraction of sp³-hybridized carbons (Fsp3) is 0.600. The number of hydrogen-bond donors (Lipinski definition) is 4. The Bertz CT molecular complexity index is 744. The molecule has 4 aliphatic carbocycles. The van der Waals surface area contributed by atoms with Crippen LogP contribution in [0.1, 0.15) is 53.7 Å². The van der Waals surface area contributed by atoms with Gasteiger partial charge in [-0.25, -0.2) is 0 Å². The van der Waals surface area contributed by atoms with Crippen LogP contribution in [-0.4, -0.2) is 34.7 Å². The maximum absolute atomic E-state index is 12.0. The van der Waals surface area contributed by atoms with Crippen LogP contribution in [0.15, 0.2) is 12.4 Å². The summed E-state index contributed by atoms with van der Waals surface area (Å²) >= 11 is 0. The van der Waals surface area contributed by atoms with Crippen molar-refractivity contribution in [1.82, 2.24) is 10.3 Å². The summed E-state index contributed by atoms with van der Waals surface area (Å²) in [7, 11) is 1.84. The van der Waals surface area contributed by atoms with Crippen molar-refractivity contribution >= 4 is 17.7 Å². The van der Waals surface area contributed by atoms with E-state index in [2.05, 4.69) is 15.6 Å². The van der Waals surface area contributed by atoms with E-state index in [1.165, 1.54) is 0 Å². The Morgan fingerprint density at radius 2 is 2.04 bits per heavy atom. The van der Waals surface area contributed by atoms with Gasteiger partial charge in [-0.15, -0.1) is 0 Å². The van der Waals surface area contributed by atoms with Crippen molar-refractivity contribution in [2.45, 2.75) is 50.7 Å². The van der Waals surface area contributed by atoms with E-state index in [-0.39, 0.29) is 6.04 Å². The molecule has 4 bridgehead atoms. The lowest BCUT2D eigenvalue weighted by Gasteiger charge is -2.58. The molecule has 140 valence electrons. The van der Waals surface area contributed by atoms with Gasteiger partial charge in [-0.3, -0.25) is 9.78 Å². The molecule has 1 aromatic heterocycles. The molecule has 5 N–H and O–H groups in total. The molecule has 5 rings (SSSR count). The van der Waals surface area contributed by atoms with E-state index < -0.39 is 11.5 Å². The normalized spacial score (nSPS) is 35.0. The van der Waals surface area contributed by atoms with Crippen LogP contribution in [0.3, 0.4) is 0 Å². The molecule has 0 saturated heterocycles. The maximum Gasteiger partial charge on any atom is 0.252 e. The topological polar surface area (TPSA) is 100 Å². The number of nitrogens with zero attached hydrogens (tertiary/aromatic N) is 1. The van der Waals surface area contributed by atoms with Crippen LogP contribution < -0.4 is 16.4 Å². The average Bonchev–Trinajstić information content (AvgIpc) is 2.55. The monoisotopic (exact) mass is 356 g/mol. The largest absolute Gasteiger partial charge is 0.394 e. The van der Waals surface area contributed by atoms with E-state index in [1.807, 2.05) is 26.2 Å². The van der Waals surface area contributed by atoms with Crippen molar-refractivity contribution in [2.24, 2.45) is 23.5 Å². The Kier molecular flexibility index (Phi) is 4.18. The average molecular weight is 356 g/mol. The Morgan fingerprint density at radius 1 is 1.35 bits per heavy atom. The summed E-state index contributed by atoms with van der Waals surface area (Å²) in [6, 6.07) is 0.272. The number of amides is 1. The lowest BCUT2D eigenvalue weighted by molar-refractivity contribution is -0.129. The maximum atomic E-state index is 12.0. The summed E-state index contributed by atoms with van der Waals surface area (Å²) in [5.74, 6) is 1.07. The zero-order valence-electron chi connectivity index (χ0n) is 15.5. The molecule has 4 fully saturated rings. The first-order valence-corrected chi connectivity index (χ1v) is 9.52. The van der Waals surface area contributed by atoms with E-state index in [1.54, 1.807) is 6.20 Å². The van der Waals surface area contributed by atoms with Gasteiger partial charge in [0.1, 0.15) is 0 Å². The zero-order chi connectivity index (χ0) is 18.5. The quantitative estimate of drug-likeness (QED) is 0.647. The molecule has 4 saturated carbocycles. The molecule has 0 aromatic carbocycles. The lowest BCUT2D eigenvalue weighted by Crippen LogP contribution is -2.59. The SMILES string of the molecule is CN/C=C\c1c(C)ncc(C(N)=O)c1NC1C2CC3CC1CC(O)(C3)C2. The van der Waals surface area contributed by atoms with Crippen molar-refractivity contribution < 1.29 is 9.90 Å². The van der Waals surface area contributed by atoms with Crippen LogP contribution in [0, 0.1) is 24.7 Å². The molecule has 0 aliphatic heterocycles. The van der Waals surface area contributed by atoms with Crippen molar-refractivity contribution in [2.75, 3.05) is 12.4 Å². The number of rotatable bonds is 5. The number of pyridine rings is 1. The van der Waals surface area contributed by atoms with E-state index in [0.29, 0.717) is 23.3 Å². The number of primary amides is 1. The third-order valence-electron chi connectivity index (χ3n) is 6.55. The highest BCUT2D eigenvalue weighted by Crippen LogP contribution is 2.56. The smallest absolute Gasteiger partial charge is 0.252 e. The minimum Gasteiger partial charge on any atom is -0.394 e. The second kappa shape index (κ2) is 6.27. The van der Waals surface area contributed by atoms with Gasteiger partial charge >= 0.3 is 0 Å². The van der Waals surface area contributed by atoms with E-state index in [4.69, 9.17) is 5.73 Å². The molecule has 1 aromatic rings. The predicted octanol–water partition coefficient (Wildman–Crippen LogP) is 2.03. The van der Waals surface area contributed by atoms with Gasteiger partial charge in [0, 0.05) is 30.5 Å². The first kappa shape index (κ1) is 17.3. The van der Waals surface area contributed by atoms with Gasteiger partial charge < -0.3 is 21.5 Å². The van der Waals surface area contributed by atoms with Gasteiger partial charge in [-0.1, -0.05) is 0 Å². The molecule has 4 aliphatic rings.